The Morgan fingerprint density at radius 1 is 1.03 bits per heavy atom. The zero-order chi connectivity index (χ0) is 26.0. The van der Waals surface area contributed by atoms with Crippen molar-refractivity contribution in [3.05, 3.63) is 106 Å². The molecule has 36 heavy (non-hydrogen) atoms. The molecule has 4 aromatic rings. The van der Waals surface area contributed by atoms with Crippen LogP contribution in [-0.2, 0) is 17.5 Å². The second-order valence-corrected chi connectivity index (χ2v) is 8.65. The van der Waals surface area contributed by atoms with Crippen LogP contribution in [0.2, 0.25) is 5.02 Å². The molecule has 1 atom stereocenters. The number of nitrogens with one attached hydrogen (secondary N) is 1. The van der Waals surface area contributed by atoms with Gasteiger partial charge in [-0.25, -0.2) is 4.79 Å². The molecular formula is C27H22ClF3N2O3. The first-order chi connectivity index (χ1) is 17.1. The highest BCUT2D eigenvalue weighted by Crippen LogP contribution is 2.33. The number of rotatable bonds is 6. The van der Waals surface area contributed by atoms with Crippen molar-refractivity contribution in [3.8, 4) is 0 Å². The van der Waals surface area contributed by atoms with E-state index in [1.165, 1.54) is 13.2 Å². The van der Waals surface area contributed by atoms with E-state index in [-0.39, 0.29) is 17.3 Å². The van der Waals surface area contributed by atoms with Gasteiger partial charge < -0.3 is 14.6 Å². The molecule has 1 heterocycles. The quantitative estimate of drug-likeness (QED) is 0.293. The lowest BCUT2D eigenvalue weighted by molar-refractivity contribution is -0.137. The third-order valence-electron chi connectivity index (χ3n) is 5.90. The van der Waals surface area contributed by atoms with Crippen molar-refractivity contribution in [2.24, 2.45) is 0 Å². The second kappa shape index (κ2) is 10.1. The third kappa shape index (κ3) is 5.09. The molecule has 0 aliphatic rings. The number of para-hydroxylation sites is 1. The molecule has 1 amide bonds. The Kier molecular flexibility index (Phi) is 7.08. The average Bonchev–Trinajstić information content (AvgIpc) is 3.14. The number of fused-ring (bicyclic) bond motifs is 1. The molecule has 1 aromatic heterocycles. The highest BCUT2D eigenvalue weighted by Gasteiger charge is 2.30. The van der Waals surface area contributed by atoms with Crippen molar-refractivity contribution in [1.82, 2.24) is 9.88 Å². The highest BCUT2D eigenvalue weighted by molar-refractivity contribution is 6.38. The summed E-state index contributed by atoms with van der Waals surface area (Å²) in [4.78, 5) is 25.1. The van der Waals surface area contributed by atoms with Crippen LogP contribution in [0.3, 0.4) is 0 Å². The first-order valence-electron chi connectivity index (χ1n) is 11.0. The number of alkyl halides is 3. The average molecular weight is 515 g/mol. The molecule has 1 N–H and O–H groups in total. The Balaban J connectivity index is 1.67. The lowest BCUT2D eigenvalue weighted by atomic mass is 10.1. The van der Waals surface area contributed by atoms with Gasteiger partial charge in [-0.1, -0.05) is 54.1 Å². The number of esters is 1. The van der Waals surface area contributed by atoms with Crippen LogP contribution < -0.4 is 5.32 Å². The van der Waals surface area contributed by atoms with E-state index < -0.39 is 29.7 Å². The van der Waals surface area contributed by atoms with E-state index in [9.17, 15) is 22.8 Å². The Bertz CT molecular complexity index is 1430. The van der Waals surface area contributed by atoms with Gasteiger partial charge in [0, 0.05) is 11.9 Å². The summed E-state index contributed by atoms with van der Waals surface area (Å²) in [5.74, 6) is -0.947. The van der Waals surface area contributed by atoms with E-state index in [2.05, 4.69) is 5.32 Å². The van der Waals surface area contributed by atoms with Crippen LogP contribution in [0.4, 0.5) is 13.2 Å². The van der Waals surface area contributed by atoms with Crippen molar-refractivity contribution in [2.75, 3.05) is 7.11 Å². The largest absolute Gasteiger partial charge is 0.465 e. The number of methoxy groups -OCH3 is 1. The Morgan fingerprint density at radius 3 is 2.39 bits per heavy atom. The summed E-state index contributed by atoms with van der Waals surface area (Å²) in [7, 11) is 1.29. The van der Waals surface area contributed by atoms with Crippen LogP contribution in [0, 0.1) is 0 Å². The number of aromatic nitrogens is 1. The number of carbonyl (C=O) groups excluding carboxylic acids is 2. The van der Waals surface area contributed by atoms with E-state index >= 15 is 0 Å². The Hall–Kier alpha value is -3.78. The molecule has 0 spiro atoms. The number of hydrogen-bond donors (Lipinski definition) is 1. The van der Waals surface area contributed by atoms with Crippen LogP contribution >= 0.6 is 11.6 Å². The third-order valence-corrected chi connectivity index (χ3v) is 6.28. The second-order valence-electron chi connectivity index (χ2n) is 8.27. The Morgan fingerprint density at radius 2 is 1.72 bits per heavy atom. The minimum Gasteiger partial charge on any atom is -0.465 e. The fraction of sp³-hybridized carbons (Fsp3) is 0.185. The van der Waals surface area contributed by atoms with Crippen LogP contribution in [0.15, 0.2) is 72.8 Å². The molecule has 4 rings (SSSR count). The topological polar surface area (TPSA) is 60.3 Å². The molecule has 0 saturated carbocycles. The maximum Gasteiger partial charge on any atom is 0.416 e. The monoisotopic (exact) mass is 514 g/mol. The molecule has 0 aliphatic heterocycles. The van der Waals surface area contributed by atoms with Crippen LogP contribution in [0.1, 0.15) is 50.5 Å². The summed E-state index contributed by atoms with van der Waals surface area (Å²) in [6, 6.07) is 18.2. The lowest BCUT2D eigenvalue weighted by Crippen LogP contribution is -2.29. The lowest BCUT2D eigenvalue weighted by Gasteiger charge is -2.17. The molecule has 0 radical (unpaired) electrons. The zero-order valence-electron chi connectivity index (χ0n) is 19.4. The molecule has 0 fully saturated rings. The minimum atomic E-state index is -4.48. The minimum absolute atomic E-state index is 0.0160. The molecule has 3 aromatic carbocycles. The van der Waals surface area contributed by atoms with Gasteiger partial charge in [-0.15, -0.1) is 0 Å². The number of ether oxygens (including phenoxy) is 1. The predicted molar refractivity (Wildman–Crippen MR) is 131 cm³/mol. The zero-order valence-corrected chi connectivity index (χ0v) is 20.2. The van der Waals surface area contributed by atoms with E-state index in [0.29, 0.717) is 22.0 Å². The summed E-state index contributed by atoms with van der Waals surface area (Å²) in [6.07, 6.45) is -4.48. The first-order valence-corrected chi connectivity index (χ1v) is 11.4. The first kappa shape index (κ1) is 25.3. The number of hydrogen-bond acceptors (Lipinski definition) is 3. The van der Waals surface area contributed by atoms with Crippen molar-refractivity contribution >= 4 is 34.4 Å². The van der Waals surface area contributed by atoms with Gasteiger partial charge in [0.2, 0.25) is 0 Å². The van der Waals surface area contributed by atoms with Crippen molar-refractivity contribution in [1.29, 1.82) is 0 Å². The number of nitrogens with zero attached hydrogens (tertiary/aromatic N) is 1. The van der Waals surface area contributed by atoms with Gasteiger partial charge in [0.25, 0.3) is 5.91 Å². The summed E-state index contributed by atoms with van der Waals surface area (Å²) < 4.78 is 46.1. The number of amides is 1. The van der Waals surface area contributed by atoms with E-state index in [1.54, 1.807) is 66.1 Å². The van der Waals surface area contributed by atoms with Gasteiger partial charge in [-0.3, -0.25) is 4.79 Å². The molecule has 9 heteroatoms. The van der Waals surface area contributed by atoms with Gasteiger partial charge in [0.05, 0.1) is 34.8 Å². The van der Waals surface area contributed by atoms with E-state index in [0.717, 1.165) is 17.7 Å². The number of carbonyl (C=O) groups is 2. The van der Waals surface area contributed by atoms with Gasteiger partial charge in [0.15, 0.2) is 0 Å². The van der Waals surface area contributed by atoms with Gasteiger partial charge in [0.1, 0.15) is 5.69 Å². The molecule has 0 saturated heterocycles. The predicted octanol–water partition coefficient (Wildman–Crippen LogP) is 6.64. The molecule has 186 valence electrons. The normalized spacial score (nSPS) is 12.4. The standard InChI is InChI=1S/C27H22ClF3N2O3/c1-16(18-10-12-19(13-11-18)26(35)36-2)32-25(34)24-23(28)21-8-3-4-9-22(21)33(24)15-17-6-5-7-20(14-17)27(29,30)31/h3-14,16H,15H2,1-2H3,(H,32,34)/t16-/m0/s1. The van der Waals surface area contributed by atoms with Gasteiger partial charge in [-0.2, -0.15) is 13.2 Å². The van der Waals surface area contributed by atoms with Crippen LogP contribution in [-0.4, -0.2) is 23.6 Å². The summed E-state index contributed by atoms with van der Waals surface area (Å²) in [5.41, 5.74) is 1.51. The fourth-order valence-corrected chi connectivity index (χ4v) is 4.40. The smallest absolute Gasteiger partial charge is 0.416 e. The van der Waals surface area contributed by atoms with Crippen molar-refractivity contribution in [2.45, 2.75) is 25.7 Å². The molecule has 0 bridgehead atoms. The van der Waals surface area contributed by atoms with Gasteiger partial charge in [-0.05, 0) is 48.4 Å². The van der Waals surface area contributed by atoms with Crippen LogP contribution in [0.25, 0.3) is 10.9 Å². The maximum absolute atomic E-state index is 13.4. The van der Waals surface area contributed by atoms with E-state index in [4.69, 9.17) is 16.3 Å². The van der Waals surface area contributed by atoms with Crippen molar-refractivity contribution in [3.63, 3.8) is 0 Å². The molecular weight excluding hydrogens is 493 g/mol. The Labute approximate surface area is 210 Å². The highest BCUT2D eigenvalue weighted by atomic mass is 35.5. The van der Waals surface area contributed by atoms with Crippen LogP contribution in [0.5, 0.6) is 0 Å². The molecule has 0 aliphatic carbocycles. The number of halogens is 4. The maximum atomic E-state index is 13.4. The van der Waals surface area contributed by atoms with Crippen molar-refractivity contribution < 1.29 is 27.5 Å². The summed E-state index contributed by atoms with van der Waals surface area (Å²) in [6.45, 7) is 1.79. The SMILES string of the molecule is COC(=O)c1ccc([C@H](C)NC(=O)c2c(Cl)c3ccccc3n2Cc2cccc(C(F)(F)F)c2)cc1. The molecule has 0 unspecified atom stereocenters. The fourth-order valence-electron chi connectivity index (χ4n) is 4.05. The number of benzene rings is 3. The van der Waals surface area contributed by atoms with E-state index in [1.807, 2.05) is 0 Å². The molecule has 5 nitrogen and oxygen atoms in total. The van der Waals surface area contributed by atoms with Gasteiger partial charge >= 0.3 is 12.1 Å². The summed E-state index contributed by atoms with van der Waals surface area (Å²) in [5, 5.41) is 3.73. The summed E-state index contributed by atoms with van der Waals surface area (Å²) >= 11 is 6.62.